The molecule has 0 aromatic heterocycles. The van der Waals surface area contributed by atoms with Crippen LogP contribution in [-0.4, -0.2) is 52.5 Å². The lowest BCUT2D eigenvalue weighted by atomic mass is 10.1. The summed E-state index contributed by atoms with van der Waals surface area (Å²) in [5.41, 5.74) is 0. The van der Waals surface area contributed by atoms with Crippen LogP contribution in [0, 0.1) is 0 Å². The fourth-order valence-electron chi connectivity index (χ4n) is 2.45. The third kappa shape index (κ3) is 11.2. The molecule has 6 heteroatoms. The van der Waals surface area contributed by atoms with Crippen molar-refractivity contribution in [2.45, 2.75) is 51.0 Å². The van der Waals surface area contributed by atoms with E-state index in [-0.39, 0.29) is 24.0 Å². The fourth-order valence-corrected chi connectivity index (χ4v) is 2.45. The van der Waals surface area contributed by atoms with Crippen molar-refractivity contribution in [1.29, 1.82) is 0 Å². The van der Waals surface area contributed by atoms with Crippen LogP contribution in [0.4, 0.5) is 0 Å². The molecule has 0 spiro atoms. The quantitative estimate of drug-likeness (QED) is 0.211. The van der Waals surface area contributed by atoms with Crippen molar-refractivity contribution in [3.8, 4) is 0 Å². The number of ether oxygens (including phenoxy) is 2. The zero-order chi connectivity index (χ0) is 14.5. The molecular weight excluding hydrogens is 381 g/mol. The highest BCUT2D eigenvalue weighted by Crippen LogP contribution is 2.19. The van der Waals surface area contributed by atoms with Gasteiger partial charge in [-0.15, -0.1) is 24.0 Å². The van der Waals surface area contributed by atoms with Gasteiger partial charge < -0.3 is 20.1 Å². The average molecular weight is 413 g/mol. The molecule has 0 bridgehead atoms. The van der Waals surface area contributed by atoms with E-state index in [2.05, 4.69) is 15.6 Å². The molecule has 1 aliphatic carbocycles. The minimum absolute atomic E-state index is 0. The number of halogens is 1. The molecule has 0 amide bonds. The van der Waals surface area contributed by atoms with Crippen LogP contribution in [0.3, 0.4) is 0 Å². The molecule has 1 rings (SSSR count). The molecule has 1 aliphatic rings. The standard InChI is InChI=1S/C15H31N3O2.HI/c1-16-15(17-10-7-12-19-2)18-11-13-20-14-8-5-3-4-6-9-14;/h14H,3-13H2,1-2H3,(H2,16,17,18);1H. The van der Waals surface area contributed by atoms with Crippen LogP contribution in [0.1, 0.15) is 44.9 Å². The maximum atomic E-state index is 5.94. The van der Waals surface area contributed by atoms with Crippen molar-refractivity contribution in [2.24, 2.45) is 4.99 Å². The van der Waals surface area contributed by atoms with E-state index in [4.69, 9.17) is 9.47 Å². The van der Waals surface area contributed by atoms with E-state index >= 15 is 0 Å². The Balaban J connectivity index is 0.00000400. The molecule has 0 aromatic carbocycles. The van der Waals surface area contributed by atoms with Gasteiger partial charge in [-0.25, -0.2) is 0 Å². The molecule has 0 aliphatic heterocycles. The topological polar surface area (TPSA) is 54.9 Å². The SMILES string of the molecule is CN=C(NCCCOC)NCCOC1CCCCCC1.I. The van der Waals surface area contributed by atoms with Gasteiger partial charge in [-0.2, -0.15) is 0 Å². The molecule has 126 valence electrons. The molecule has 0 unspecified atom stereocenters. The van der Waals surface area contributed by atoms with E-state index in [9.17, 15) is 0 Å². The summed E-state index contributed by atoms with van der Waals surface area (Å²) >= 11 is 0. The Bertz CT molecular complexity index is 257. The van der Waals surface area contributed by atoms with Crippen LogP contribution < -0.4 is 10.6 Å². The van der Waals surface area contributed by atoms with Crippen LogP contribution in [-0.2, 0) is 9.47 Å². The lowest BCUT2D eigenvalue weighted by molar-refractivity contribution is 0.0468. The first kappa shape index (κ1) is 20.9. The van der Waals surface area contributed by atoms with Gasteiger partial charge in [-0.3, -0.25) is 4.99 Å². The molecule has 0 atom stereocenters. The minimum atomic E-state index is 0. The Labute approximate surface area is 146 Å². The molecule has 0 radical (unpaired) electrons. The summed E-state index contributed by atoms with van der Waals surface area (Å²) in [5.74, 6) is 0.838. The molecule has 2 N–H and O–H groups in total. The van der Waals surface area contributed by atoms with Crippen molar-refractivity contribution in [3.05, 3.63) is 0 Å². The van der Waals surface area contributed by atoms with E-state index < -0.39 is 0 Å². The first-order valence-corrected chi connectivity index (χ1v) is 7.92. The van der Waals surface area contributed by atoms with Crippen LogP contribution in [0.2, 0.25) is 0 Å². The van der Waals surface area contributed by atoms with Crippen molar-refractivity contribution in [2.75, 3.05) is 40.5 Å². The van der Waals surface area contributed by atoms with Crippen molar-refractivity contribution < 1.29 is 9.47 Å². The fraction of sp³-hybridized carbons (Fsp3) is 0.933. The van der Waals surface area contributed by atoms with Gasteiger partial charge >= 0.3 is 0 Å². The number of hydrogen-bond acceptors (Lipinski definition) is 3. The number of aliphatic imine (C=N–C) groups is 1. The summed E-state index contributed by atoms with van der Waals surface area (Å²) < 4.78 is 10.9. The molecule has 5 nitrogen and oxygen atoms in total. The highest BCUT2D eigenvalue weighted by molar-refractivity contribution is 14.0. The van der Waals surface area contributed by atoms with Crippen LogP contribution in [0.5, 0.6) is 0 Å². The van der Waals surface area contributed by atoms with Gasteiger partial charge in [0.05, 0.1) is 12.7 Å². The summed E-state index contributed by atoms with van der Waals surface area (Å²) in [6, 6.07) is 0. The van der Waals surface area contributed by atoms with Crippen molar-refractivity contribution in [3.63, 3.8) is 0 Å². The third-order valence-corrected chi connectivity index (χ3v) is 3.59. The Kier molecular flexibility index (Phi) is 14.8. The molecule has 0 saturated heterocycles. The molecule has 1 saturated carbocycles. The predicted molar refractivity (Wildman–Crippen MR) is 98.7 cm³/mol. The van der Waals surface area contributed by atoms with E-state index in [1.165, 1.54) is 38.5 Å². The third-order valence-electron chi connectivity index (χ3n) is 3.59. The minimum Gasteiger partial charge on any atom is -0.385 e. The molecule has 0 aromatic rings. The van der Waals surface area contributed by atoms with E-state index in [1.54, 1.807) is 14.2 Å². The van der Waals surface area contributed by atoms with E-state index in [0.717, 1.165) is 38.7 Å². The zero-order valence-electron chi connectivity index (χ0n) is 13.5. The van der Waals surface area contributed by atoms with Gasteiger partial charge in [-0.05, 0) is 19.3 Å². The monoisotopic (exact) mass is 413 g/mol. The van der Waals surface area contributed by atoms with Crippen LogP contribution >= 0.6 is 24.0 Å². The summed E-state index contributed by atoms with van der Waals surface area (Å²) in [5, 5.41) is 6.53. The summed E-state index contributed by atoms with van der Waals surface area (Å²) in [6.07, 6.45) is 9.29. The number of hydrogen-bond donors (Lipinski definition) is 2. The highest BCUT2D eigenvalue weighted by Gasteiger charge is 2.11. The highest BCUT2D eigenvalue weighted by atomic mass is 127. The van der Waals surface area contributed by atoms with E-state index in [0.29, 0.717) is 6.10 Å². The average Bonchev–Trinajstić information content (AvgIpc) is 2.74. The van der Waals surface area contributed by atoms with Crippen molar-refractivity contribution >= 4 is 29.9 Å². The maximum Gasteiger partial charge on any atom is 0.191 e. The predicted octanol–water partition coefficient (Wildman–Crippen LogP) is 2.55. The number of nitrogens with one attached hydrogen (secondary N) is 2. The van der Waals surface area contributed by atoms with Gasteiger partial charge in [0.15, 0.2) is 5.96 Å². The van der Waals surface area contributed by atoms with Gasteiger partial charge in [0, 0.05) is 33.9 Å². The number of nitrogens with zero attached hydrogens (tertiary/aromatic N) is 1. The second-order valence-electron chi connectivity index (χ2n) is 5.26. The van der Waals surface area contributed by atoms with Gasteiger partial charge in [0.1, 0.15) is 0 Å². The first-order valence-electron chi connectivity index (χ1n) is 7.92. The number of rotatable bonds is 8. The van der Waals surface area contributed by atoms with Crippen LogP contribution in [0.15, 0.2) is 4.99 Å². The first-order chi connectivity index (χ1) is 9.86. The normalized spacial score (nSPS) is 17.0. The molecule has 21 heavy (non-hydrogen) atoms. The lowest BCUT2D eigenvalue weighted by Gasteiger charge is -2.16. The number of methoxy groups -OCH3 is 1. The second-order valence-corrected chi connectivity index (χ2v) is 5.26. The summed E-state index contributed by atoms with van der Waals surface area (Å²) in [6.45, 7) is 3.20. The Hall–Kier alpha value is -0.0800. The van der Waals surface area contributed by atoms with Gasteiger partial charge in [0.2, 0.25) is 0 Å². The molecule has 0 heterocycles. The second kappa shape index (κ2) is 14.8. The van der Waals surface area contributed by atoms with Gasteiger partial charge in [0.25, 0.3) is 0 Å². The Morgan fingerprint density at radius 1 is 1.05 bits per heavy atom. The zero-order valence-corrected chi connectivity index (χ0v) is 15.9. The maximum absolute atomic E-state index is 5.94. The smallest absolute Gasteiger partial charge is 0.191 e. The summed E-state index contributed by atoms with van der Waals surface area (Å²) in [4.78, 5) is 4.18. The summed E-state index contributed by atoms with van der Waals surface area (Å²) in [7, 11) is 3.51. The van der Waals surface area contributed by atoms with Crippen molar-refractivity contribution in [1.82, 2.24) is 10.6 Å². The molecular formula is C15H32IN3O2. The number of guanidine groups is 1. The molecule has 1 fully saturated rings. The largest absolute Gasteiger partial charge is 0.385 e. The lowest BCUT2D eigenvalue weighted by Crippen LogP contribution is -2.39. The van der Waals surface area contributed by atoms with Crippen LogP contribution in [0.25, 0.3) is 0 Å². The Morgan fingerprint density at radius 2 is 1.71 bits per heavy atom. The Morgan fingerprint density at radius 3 is 2.33 bits per heavy atom. The van der Waals surface area contributed by atoms with E-state index in [1.807, 2.05) is 0 Å². The van der Waals surface area contributed by atoms with Gasteiger partial charge in [-0.1, -0.05) is 25.7 Å².